The van der Waals surface area contributed by atoms with Gasteiger partial charge < -0.3 is 20.8 Å². The van der Waals surface area contributed by atoms with Crippen LogP contribution in [-0.2, 0) is 4.74 Å². The fraction of sp³-hybridized carbons (Fsp3) is 0.286. The molecule has 3 heterocycles. The molecular weight excluding hydrogens is 521 g/mol. The molecule has 0 amide bonds. The molecule has 3 aromatic rings. The number of hydrazine groups is 2. The van der Waals surface area contributed by atoms with Gasteiger partial charge in [-0.1, -0.05) is 35.3 Å². The summed E-state index contributed by atoms with van der Waals surface area (Å²) in [5.74, 6) is 0. The Morgan fingerprint density at radius 2 is 1.97 bits per heavy atom. The maximum absolute atomic E-state index is 9.87. The topological polar surface area (TPSA) is 97.3 Å². The molecule has 0 saturated carbocycles. The maximum atomic E-state index is 9.87. The van der Waals surface area contributed by atoms with Crippen LogP contribution >= 0.6 is 23.2 Å². The zero-order valence-corrected chi connectivity index (χ0v) is 22.9. The minimum atomic E-state index is -0.136. The van der Waals surface area contributed by atoms with Crippen molar-refractivity contribution in [2.24, 2.45) is 0 Å². The minimum Gasteiger partial charge on any atom is -0.377 e. The number of hydrogen-bond acceptors (Lipinski definition) is 8. The van der Waals surface area contributed by atoms with Crippen molar-refractivity contribution in [1.29, 1.82) is 5.26 Å². The number of nitrogens with zero attached hydrogens (tertiary/aromatic N) is 3. The monoisotopic (exact) mass is 549 g/mol. The molecule has 0 spiro atoms. The molecule has 1 aromatic heterocycles. The van der Waals surface area contributed by atoms with E-state index in [0.717, 1.165) is 34.4 Å². The molecule has 10 heteroatoms. The number of halogens is 2. The molecule has 2 aromatic carbocycles. The molecule has 38 heavy (non-hydrogen) atoms. The molecule has 0 aliphatic carbocycles. The lowest BCUT2D eigenvalue weighted by Gasteiger charge is -2.26. The van der Waals surface area contributed by atoms with E-state index in [4.69, 9.17) is 27.9 Å². The van der Waals surface area contributed by atoms with Crippen molar-refractivity contribution in [1.82, 2.24) is 21.0 Å². The lowest BCUT2D eigenvalue weighted by molar-refractivity contribution is 0.153. The number of pyridine rings is 1. The van der Waals surface area contributed by atoms with E-state index in [0.29, 0.717) is 40.0 Å². The van der Waals surface area contributed by atoms with Crippen LogP contribution in [0.3, 0.4) is 0 Å². The number of anilines is 3. The van der Waals surface area contributed by atoms with Crippen LogP contribution in [-0.4, -0.2) is 35.3 Å². The molecular formula is C28H29Cl2N7O. The number of nitrogens with one attached hydrogen (secondary N) is 4. The molecule has 0 unspecified atom stereocenters. The molecule has 5 rings (SSSR count). The molecule has 1 atom stereocenters. The first kappa shape index (κ1) is 26.1. The van der Waals surface area contributed by atoms with Crippen LogP contribution < -0.4 is 21.6 Å². The van der Waals surface area contributed by atoms with Gasteiger partial charge in [-0.3, -0.25) is 9.99 Å². The summed E-state index contributed by atoms with van der Waals surface area (Å²) in [4.78, 5) is 4.49. The Kier molecular flexibility index (Phi) is 7.63. The first-order chi connectivity index (χ1) is 18.3. The van der Waals surface area contributed by atoms with Gasteiger partial charge in [-0.25, -0.2) is 0 Å². The highest BCUT2D eigenvalue weighted by Gasteiger charge is 2.26. The Labute approximate surface area is 232 Å². The van der Waals surface area contributed by atoms with Crippen molar-refractivity contribution in [3.8, 4) is 6.07 Å². The fourth-order valence-electron chi connectivity index (χ4n) is 4.49. The molecule has 2 aliphatic heterocycles. The number of benzene rings is 2. The van der Waals surface area contributed by atoms with E-state index in [9.17, 15) is 5.26 Å². The number of nitriles is 1. The summed E-state index contributed by atoms with van der Waals surface area (Å²) in [7, 11) is 0. The number of aromatic nitrogens is 1. The first-order valence-corrected chi connectivity index (χ1v) is 13.2. The van der Waals surface area contributed by atoms with Crippen molar-refractivity contribution in [3.63, 3.8) is 0 Å². The highest BCUT2D eigenvalue weighted by atomic mass is 35.5. The fourth-order valence-corrected chi connectivity index (χ4v) is 4.93. The Hall–Kier alpha value is -3.48. The highest BCUT2D eigenvalue weighted by Crippen LogP contribution is 2.36. The second kappa shape index (κ2) is 11.1. The summed E-state index contributed by atoms with van der Waals surface area (Å²) in [6.45, 7) is 7.41. The summed E-state index contributed by atoms with van der Waals surface area (Å²) < 4.78 is 5.56. The van der Waals surface area contributed by atoms with Crippen molar-refractivity contribution < 1.29 is 4.74 Å². The Morgan fingerprint density at radius 1 is 1.16 bits per heavy atom. The largest absolute Gasteiger partial charge is 0.377 e. The highest BCUT2D eigenvalue weighted by molar-refractivity contribution is 6.36. The predicted molar refractivity (Wildman–Crippen MR) is 153 cm³/mol. The van der Waals surface area contributed by atoms with Crippen LogP contribution in [0.2, 0.25) is 10.0 Å². The van der Waals surface area contributed by atoms with Gasteiger partial charge in [0.15, 0.2) is 0 Å². The average molecular weight is 550 g/mol. The van der Waals surface area contributed by atoms with E-state index < -0.39 is 0 Å². The quantitative estimate of drug-likeness (QED) is 0.260. The molecule has 0 radical (unpaired) electrons. The van der Waals surface area contributed by atoms with Crippen molar-refractivity contribution in [3.05, 3.63) is 81.2 Å². The van der Waals surface area contributed by atoms with Gasteiger partial charge in [-0.15, -0.1) is 5.53 Å². The van der Waals surface area contributed by atoms with E-state index in [1.54, 1.807) is 0 Å². The third-order valence-electron chi connectivity index (χ3n) is 6.64. The minimum absolute atomic E-state index is 0.136. The molecule has 4 N–H and O–H groups in total. The number of aryl methyl sites for hydroxylation is 1. The zero-order valence-electron chi connectivity index (χ0n) is 21.4. The average Bonchev–Trinajstić information content (AvgIpc) is 3.41. The summed E-state index contributed by atoms with van der Waals surface area (Å²) >= 11 is 13.1. The number of rotatable bonds is 7. The van der Waals surface area contributed by atoms with Crippen LogP contribution in [0.4, 0.5) is 17.1 Å². The Morgan fingerprint density at radius 3 is 2.66 bits per heavy atom. The summed E-state index contributed by atoms with van der Waals surface area (Å²) in [5, 5.41) is 20.8. The van der Waals surface area contributed by atoms with E-state index >= 15 is 0 Å². The summed E-state index contributed by atoms with van der Waals surface area (Å²) in [5.41, 5.74) is 12.9. The summed E-state index contributed by atoms with van der Waals surface area (Å²) in [6, 6.07) is 11.9. The van der Waals surface area contributed by atoms with Crippen LogP contribution in [0, 0.1) is 18.3 Å². The summed E-state index contributed by atoms with van der Waals surface area (Å²) in [6.07, 6.45) is 6.54. The first-order valence-electron chi connectivity index (χ1n) is 12.4. The normalized spacial score (nSPS) is 16.1. The second-order valence-corrected chi connectivity index (χ2v) is 10.4. The lowest BCUT2D eigenvalue weighted by atomic mass is 9.99. The third kappa shape index (κ3) is 5.38. The van der Waals surface area contributed by atoms with Gasteiger partial charge >= 0.3 is 0 Å². The molecule has 0 fully saturated rings. The molecule has 196 valence electrons. The van der Waals surface area contributed by atoms with E-state index in [1.165, 1.54) is 11.8 Å². The van der Waals surface area contributed by atoms with Crippen LogP contribution in [0.1, 0.15) is 31.4 Å². The number of fused-ring (bicyclic) bond motifs is 1. The zero-order chi connectivity index (χ0) is 26.8. The molecule has 2 aliphatic rings. The number of hydrogen-bond donors (Lipinski definition) is 4. The van der Waals surface area contributed by atoms with Gasteiger partial charge in [-0.2, -0.15) is 5.26 Å². The van der Waals surface area contributed by atoms with Gasteiger partial charge in [-0.05, 0) is 62.6 Å². The van der Waals surface area contributed by atoms with E-state index in [-0.39, 0.29) is 12.1 Å². The molecule has 0 bridgehead atoms. The van der Waals surface area contributed by atoms with Crippen molar-refractivity contribution >= 4 is 51.2 Å². The van der Waals surface area contributed by atoms with Gasteiger partial charge in [0.2, 0.25) is 0 Å². The standard InChI is InChI=1S/C28H29Cl2N7O/c1-16(2)37-15-25(35-36-37)27(18-6-8-38-9-7-18)34-21-10-22-26(33-20-5-4-17(3)23(29)11-20)19(13-31)14-32-28(22)24(30)12-21/h4-6,10-12,14-16,27,34-36H,7-9H2,1-3H3,(H,32,33)/t27-/m0/s1. The SMILES string of the molecule is Cc1ccc(Nc2c(C#N)cnc3c(Cl)cc(N[C@@H](C4=CCOCC4)C4=CN(C(C)C)NN4)cc23)cc1Cl. The van der Waals surface area contributed by atoms with Crippen molar-refractivity contribution in [2.45, 2.75) is 39.3 Å². The van der Waals surface area contributed by atoms with E-state index in [2.05, 4.69) is 58.8 Å². The maximum Gasteiger partial charge on any atom is 0.103 e. The van der Waals surface area contributed by atoms with Crippen molar-refractivity contribution in [2.75, 3.05) is 23.8 Å². The van der Waals surface area contributed by atoms with Crippen LogP contribution in [0.5, 0.6) is 0 Å². The second-order valence-electron chi connectivity index (χ2n) is 9.61. The van der Waals surface area contributed by atoms with Gasteiger partial charge in [0.05, 0.1) is 46.7 Å². The molecule has 0 saturated heterocycles. The number of ether oxygens (including phenoxy) is 1. The van der Waals surface area contributed by atoms with E-state index in [1.807, 2.05) is 42.3 Å². The van der Waals surface area contributed by atoms with Crippen LogP contribution in [0.15, 0.2) is 60.1 Å². The molecule has 8 nitrogen and oxygen atoms in total. The van der Waals surface area contributed by atoms with Crippen LogP contribution in [0.25, 0.3) is 10.9 Å². The Bertz CT molecular complexity index is 1480. The lowest BCUT2D eigenvalue weighted by Crippen LogP contribution is -2.42. The Balaban J connectivity index is 1.57. The van der Waals surface area contributed by atoms with Gasteiger partial charge in [0, 0.05) is 40.2 Å². The third-order valence-corrected chi connectivity index (χ3v) is 7.34. The van der Waals surface area contributed by atoms with Gasteiger partial charge in [0.1, 0.15) is 6.07 Å². The smallest absolute Gasteiger partial charge is 0.103 e. The van der Waals surface area contributed by atoms with Gasteiger partial charge in [0.25, 0.3) is 0 Å². The predicted octanol–water partition coefficient (Wildman–Crippen LogP) is 6.17.